The molecule has 1 heterocycles. The molecule has 1 aliphatic rings. The summed E-state index contributed by atoms with van der Waals surface area (Å²) >= 11 is 1.02. The van der Waals surface area contributed by atoms with E-state index < -0.39 is 11.9 Å². The molecule has 1 aliphatic heterocycles. The summed E-state index contributed by atoms with van der Waals surface area (Å²) in [4.78, 5) is 23.1. The Morgan fingerprint density at radius 2 is 2.00 bits per heavy atom. The van der Waals surface area contributed by atoms with Crippen LogP contribution in [0.25, 0.3) is 11.1 Å². The van der Waals surface area contributed by atoms with Crippen LogP contribution in [-0.2, 0) is 20.9 Å². The fourth-order valence-electron chi connectivity index (χ4n) is 2.40. The SMILES string of the molecule is COC(=O)/C=C1/S/C(=N\N=Cc2ccc(-c3cccc(CO)c3)cc2)NC1=O. The lowest BCUT2D eigenvalue weighted by atomic mass is 10.0. The molecule has 28 heavy (non-hydrogen) atoms. The molecule has 0 unspecified atom stereocenters. The summed E-state index contributed by atoms with van der Waals surface area (Å²) in [5, 5.41) is 20.0. The third kappa shape index (κ3) is 4.93. The molecular formula is C20H17N3O4S. The second kappa shape index (κ2) is 9.12. The van der Waals surface area contributed by atoms with Crippen LogP contribution in [0.4, 0.5) is 0 Å². The lowest BCUT2D eigenvalue weighted by Gasteiger charge is -2.04. The van der Waals surface area contributed by atoms with Gasteiger partial charge in [-0.2, -0.15) is 5.10 Å². The topological polar surface area (TPSA) is 100 Å². The van der Waals surface area contributed by atoms with Gasteiger partial charge in [-0.3, -0.25) is 10.1 Å². The molecule has 0 aliphatic carbocycles. The van der Waals surface area contributed by atoms with Crippen molar-refractivity contribution >= 4 is 35.0 Å². The van der Waals surface area contributed by atoms with Gasteiger partial charge in [0.25, 0.3) is 5.91 Å². The van der Waals surface area contributed by atoms with Crippen LogP contribution in [0.15, 0.2) is 69.7 Å². The van der Waals surface area contributed by atoms with E-state index in [1.54, 1.807) is 6.21 Å². The molecule has 2 aromatic rings. The Balaban J connectivity index is 1.66. The maximum absolute atomic E-state index is 11.7. The van der Waals surface area contributed by atoms with E-state index in [-0.39, 0.29) is 16.7 Å². The number of amidine groups is 1. The van der Waals surface area contributed by atoms with Crippen molar-refractivity contribution in [3.05, 3.63) is 70.6 Å². The molecule has 1 saturated heterocycles. The summed E-state index contributed by atoms with van der Waals surface area (Å²) in [6.45, 7) is 0.00397. The van der Waals surface area contributed by atoms with Crippen molar-refractivity contribution in [2.75, 3.05) is 7.11 Å². The molecule has 0 aromatic heterocycles. The van der Waals surface area contributed by atoms with E-state index in [1.807, 2.05) is 48.5 Å². The Bertz CT molecular complexity index is 981. The number of aliphatic hydroxyl groups is 1. The molecule has 0 spiro atoms. The lowest BCUT2D eigenvalue weighted by Crippen LogP contribution is -2.19. The van der Waals surface area contributed by atoms with Crippen LogP contribution in [0.3, 0.4) is 0 Å². The zero-order chi connectivity index (χ0) is 19.9. The number of nitrogens with one attached hydrogen (secondary N) is 1. The number of benzene rings is 2. The summed E-state index contributed by atoms with van der Waals surface area (Å²) in [6.07, 6.45) is 2.67. The maximum Gasteiger partial charge on any atom is 0.331 e. The molecular weight excluding hydrogens is 378 g/mol. The molecule has 0 saturated carbocycles. The van der Waals surface area contributed by atoms with Crippen molar-refractivity contribution < 1.29 is 19.4 Å². The van der Waals surface area contributed by atoms with Crippen LogP contribution in [0, 0.1) is 0 Å². The van der Waals surface area contributed by atoms with Gasteiger partial charge in [0.2, 0.25) is 0 Å². The van der Waals surface area contributed by atoms with Gasteiger partial charge in [0.15, 0.2) is 5.17 Å². The van der Waals surface area contributed by atoms with Crippen LogP contribution in [0.1, 0.15) is 11.1 Å². The second-order valence-corrected chi connectivity index (χ2v) is 6.75. The highest BCUT2D eigenvalue weighted by Crippen LogP contribution is 2.23. The monoisotopic (exact) mass is 395 g/mol. The van der Waals surface area contributed by atoms with E-state index in [2.05, 4.69) is 20.3 Å². The molecule has 1 fully saturated rings. The van der Waals surface area contributed by atoms with Gasteiger partial charge < -0.3 is 9.84 Å². The summed E-state index contributed by atoms with van der Waals surface area (Å²) < 4.78 is 4.50. The molecule has 0 radical (unpaired) electrons. The highest BCUT2D eigenvalue weighted by atomic mass is 32.2. The minimum Gasteiger partial charge on any atom is -0.466 e. The number of nitrogens with zero attached hydrogens (tertiary/aromatic N) is 2. The Morgan fingerprint density at radius 1 is 1.21 bits per heavy atom. The fraction of sp³-hybridized carbons (Fsp3) is 0.100. The predicted octanol–water partition coefficient (Wildman–Crippen LogP) is 2.46. The number of hydrogen-bond donors (Lipinski definition) is 2. The number of methoxy groups -OCH3 is 1. The van der Waals surface area contributed by atoms with Gasteiger partial charge in [0, 0.05) is 6.08 Å². The van der Waals surface area contributed by atoms with Crippen molar-refractivity contribution in [2.45, 2.75) is 6.61 Å². The van der Waals surface area contributed by atoms with E-state index in [0.717, 1.165) is 40.1 Å². The number of aliphatic hydroxyl groups excluding tert-OH is 1. The fourth-order valence-corrected chi connectivity index (χ4v) is 3.14. The standard InChI is InChI=1S/C20H17N3O4S/c1-27-18(25)10-17-19(26)22-20(28-17)23-21-11-13-5-7-15(8-6-13)16-4-2-3-14(9-16)12-24/h2-11,24H,12H2,1H3,(H,22,23,26)/b17-10+,21-11?. The molecule has 8 heteroatoms. The lowest BCUT2D eigenvalue weighted by molar-refractivity contribution is -0.135. The number of hydrogen-bond acceptors (Lipinski definition) is 7. The molecule has 7 nitrogen and oxygen atoms in total. The quantitative estimate of drug-likeness (QED) is 0.351. The Morgan fingerprint density at radius 3 is 2.71 bits per heavy atom. The van der Waals surface area contributed by atoms with Crippen molar-refractivity contribution in [3.63, 3.8) is 0 Å². The van der Waals surface area contributed by atoms with Gasteiger partial charge in [-0.05, 0) is 40.1 Å². The van der Waals surface area contributed by atoms with E-state index in [0.29, 0.717) is 0 Å². The van der Waals surface area contributed by atoms with E-state index >= 15 is 0 Å². The number of esters is 1. The van der Waals surface area contributed by atoms with Gasteiger partial charge in [-0.25, -0.2) is 4.79 Å². The smallest absolute Gasteiger partial charge is 0.331 e. The summed E-state index contributed by atoms with van der Waals surface area (Å²) in [6, 6.07) is 15.4. The molecule has 142 valence electrons. The first-order chi connectivity index (χ1) is 13.6. The summed E-state index contributed by atoms with van der Waals surface area (Å²) in [7, 11) is 1.24. The summed E-state index contributed by atoms with van der Waals surface area (Å²) in [5.74, 6) is -1.02. The van der Waals surface area contributed by atoms with Crippen LogP contribution in [0.5, 0.6) is 0 Å². The normalized spacial score (nSPS) is 16.7. The van der Waals surface area contributed by atoms with Crippen molar-refractivity contribution in [2.24, 2.45) is 10.2 Å². The average Bonchev–Trinajstić information content (AvgIpc) is 3.07. The highest BCUT2D eigenvalue weighted by molar-refractivity contribution is 8.18. The maximum atomic E-state index is 11.7. The van der Waals surface area contributed by atoms with Crippen molar-refractivity contribution in [1.29, 1.82) is 0 Å². The second-order valence-electron chi connectivity index (χ2n) is 5.72. The van der Waals surface area contributed by atoms with E-state index in [9.17, 15) is 14.7 Å². The number of carbonyl (C=O) groups is 2. The molecule has 2 N–H and O–H groups in total. The first-order valence-electron chi connectivity index (χ1n) is 8.29. The first kappa shape index (κ1) is 19.5. The predicted molar refractivity (Wildman–Crippen MR) is 109 cm³/mol. The highest BCUT2D eigenvalue weighted by Gasteiger charge is 2.24. The van der Waals surface area contributed by atoms with Crippen LogP contribution in [0.2, 0.25) is 0 Å². The third-order valence-corrected chi connectivity index (χ3v) is 4.71. The molecule has 1 amide bonds. The first-order valence-corrected chi connectivity index (χ1v) is 9.11. The minimum atomic E-state index is -0.605. The van der Waals surface area contributed by atoms with Crippen molar-refractivity contribution in [3.8, 4) is 11.1 Å². The number of thioether (sulfide) groups is 1. The largest absolute Gasteiger partial charge is 0.466 e. The van der Waals surface area contributed by atoms with Crippen LogP contribution in [-0.4, -0.2) is 35.5 Å². The number of carbonyl (C=O) groups excluding carboxylic acids is 2. The third-order valence-electron chi connectivity index (χ3n) is 3.81. The Hall–Kier alpha value is -3.23. The number of amides is 1. The molecule has 0 atom stereocenters. The van der Waals surface area contributed by atoms with Gasteiger partial charge in [-0.15, -0.1) is 5.10 Å². The van der Waals surface area contributed by atoms with Crippen LogP contribution >= 0.6 is 11.8 Å². The van der Waals surface area contributed by atoms with Crippen LogP contribution < -0.4 is 5.32 Å². The van der Waals surface area contributed by atoms with E-state index in [4.69, 9.17) is 0 Å². The molecule has 2 aromatic carbocycles. The Labute approximate surface area is 165 Å². The van der Waals surface area contributed by atoms with Gasteiger partial charge in [-0.1, -0.05) is 42.5 Å². The van der Waals surface area contributed by atoms with Gasteiger partial charge in [0.1, 0.15) is 0 Å². The Kier molecular flexibility index (Phi) is 6.36. The van der Waals surface area contributed by atoms with Gasteiger partial charge in [0.05, 0.1) is 24.8 Å². The minimum absolute atomic E-state index is 0.00397. The average molecular weight is 395 g/mol. The van der Waals surface area contributed by atoms with E-state index in [1.165, 1.54) is 7.11 Å². The number of rotatable bonds is 5. The zero-order valence-corrected chi connectivity index (χ0v) is 15.8. The van der Waals surface area contributed by atoms with Gasteiger partial charge >= 0.3 is 5.97 Å². The molecule has 0 bridgehead atoms. The zero-order valence-electron chi connectivity index (χ0n) is 15.0. The number of ether oxygens (including phenoxy) is 1. The van der Waals surface area contributed by atoms with Crippen molar-refractivity contribution in [1.82, 2.24) is 5.32 Å². The molecule has 3 rings (SSSR count). The summed E-state index contributed by atoms with van der Waals surface area (Å²) in [5.41, 5.74) is 3.74.